The van der Waals surface area contributed by atoms with E-state index in [1.54, 1.807) is 18.7 Å². The van der Waals surface area contributed by atoms with Gasteiger partial charge in [-0.15, -0.1) is 0 Å². The first-order valence-corrected chi connectivity index (χ1v) is 12.5. The average molecular weight is 528 g/mol. The van der Waals surface area contributed by atoms with Crippen LogP contribution in [0.3, 0.4) is 0 Å². The number of nitrogens with one attached hydrogen (secondary N) is 1. The second-order valence-corrected chi connectivity index (χ2v) is 10.3. The topological polar surface area (TPSA) is 61.4 Å². The van der Waals surface area contributed by atoms with Crippen LogP contribution in [0.4, 0.5) is 29.1 Å². The molecule has 6 nitrogen and oxygen atoms in total. The number of carbonyl (C=O) groups is 1. The molecule has 0 saturated carbocycles. The first-order valence-electron chi connectivity index (χ1n) is 12.5. The van der Waals surface area contributed by atoms with Crippen LogP contribution in [0.25, 0.3) is 0 Å². The number of amides is 1. The zero-order valence-corrected chi connectivity index (χ0v) is 21.7. The Morgan fingerprint density at radius 2 is 1.84 bits per heavy atom. The third kappa shape index (κ3) is 4.40. The molecule has 5 rings (SSSR count). The number of carbonyl (C=O) groups excluding carboxylic acids is 1. The third-order valence-electron chi connectivity index (χ3n) is 7.47. The SMILES string of the molecule is Cc1cccc(N2Cc3c(N[C@H](C)c4cccc(C(F)(F)F)c4F)nc(C)nc3C3(CCN(C)C3)C2=O)c1. The number of alkyl halides is 3. The van der Waals surface area contributed by atoms with Crippen molar-refractivity contribution in [1.29, 1.82) is 0 Å². The third-order valence-corrected chi connectivity index (χ3v) is 7.47. The molecular formula is C28H29F4N5O. The van der Waals surface area contributed by atoms with Crippen molar-refractivity contribution in [3.05, 3.63) is 82.1 Å². The molecule has 1 unspecified atom stereocenters. The predicted molar refractivity (Wildman–Crippen MR) is 136 cm³/mol. The molecule has 200 valence electrons. The lowest BCUT2D eigenvalue weighted by Crippen LogP contribution is -2.53. The van der Waals surface area contributed by atoms with E-state index in [1.165, 1.54) is 12.1 Å². The van der Waals surface area contributed by atoms with Gasteiger partial charge in [0.1, 0.15) is 22.9 Å². The Morgan fingerprint density at radius 3 is 2.50 bits per heavy atom. The van der Waals surface area contributed by atoms with Gasteiger partial charge in [0.05, 0.1) is 23.8 Å². The molecule has 2 aliphatic rings. The number of aromatic nitrogens is 2. The lowest BCUT2D eigenvalue weighted by molar-refractivity contribution is -0.140. The van der Waals surface area contributed by atoms with Gasteiger partial charge in [-0.1, -0.05) is 24.3 Å². The maximum absolute atomic E-state index is 14.9. The summed E-state index contributed by atoms with van der Waals surface area (Å²) in [6.45, 7) is 6.64. The van der Waals surface area contributed by atoms with Gasteiger partial charge < -0.3 is 15.1 Å². The minimum Gasteiger partial charge on any atom is -0.363 e. The Morgan fingerprint density at radius 1 is 1.11 bits per heavy atom. The van der Waals surface area contributed by atoms with Gasteiger partial charge in [-0.25, -0.2) is 14.4 Å². The molecule has 0 bridgehead atoms. The number of aryl methyl sites for hydroxylation is 2. The number of nitrogens with zero attached hydrogens (tertiary/aromatic N) is 4. The summed E-state index contributed by atoms with van der Waals surface area (Å²) in [6.07, 6.45) is -4.23. The van der Waals surface area contributed by atoms with Crippen molar-refractivity contribution in [1.82, 2.24) is 14.9 Å². The van der Waals surface area contributed by atoms with E-state index >= 15 is 0 Å². The van der Waals surface area contributed by atoms with Gasteiger partial charge in [0, 0.05) is 23.4 Å². The molecule has 1 amide bonds. The summed E-state index contributed by atoms with van der Waals surface area (Å²) in [5, 5.41) is 3.15. The summed E-state index contributed by atoms with van der Waals surface area (Å²) in [5.41, 5.74) is 0.745. The number of fused-ring (bicyclic) bond motifs is 2. The predicted octanol–water partition coefficient (Wildman–Crippen LogP) is 5.54. The zero-order chi connectivity index (χ0) is 27.4. The normalized spacial score (nSPS) is 20.6. The van der Waals surface area contributed by atoms with Gasteiger partial charge in [-0.2, -0.15) is 13.2 Å². The molecule has 1 N–H and O–H groups in total. The van der Waals surface area contributed by atoms with Crippen LogP contribution in [0.15, 0.2) is 42.5 Å². The molecule has 2 aliphatic heterocycles. The van der Waals surface area contributed by atoms with E-state index in [-0.39, 0.29) is 18.0 Å². The summed E-state index contributed by atoms with van der Waals surface area (Å²) >= 11 is 0. The summed E-state index contributed by atoms with van der Waals surface area (Å²) < 4.78 is 55.0. The maximum Gasteiger partial charge on any atom is 0.419 e. The van der Waals surface area contributed by atoms with Crippen LogP contribution in [0.1, 0.15) is 53.2 Å². The van der Waals surface area contributed by atoms with Gasteiger partial charge in [-0.3, -0.25) is 4.79 Å². The number of likely N-dealkylation sites (N-methyl/N-ethyl adjacent to an activating group) is 1. The number of hydrogen-bond donors (Lipinski definition) is 1. The highest BCUT2D eigenvalue weighted by molar-refractivity contribution is 6.03. The highest BCUT2D eigenvalue weighted by atomic mass is 19.4. The number of anilines is 2. The maximum atomic E-state index is 14.9. The molecule has 10 heteroatoms. The molecule has 3 heterocycles. The Hall–Kier alpha value is -3.53. The summed E-state index contributed by atoms with van der Waals surface area (Å²) in [4.78, 5) is 27.2. The van der Waals surface area contributed by atoms with Crippen molar-refractivity contribution >= 4 is 17.4 Å². The molecule has 3 aromatic rings. The quantitative estimate of drug-likeness (QED) is 0.451. The molecular weight excluding hydrogens is 498 g/mol. The monoisotopic (exact) mass is 527 g/mol. The van der Waals surface area contributed by atoms with E-state index in [0.717, 1.165) is 17.3 Å². The standard InChI is InChI=1S/C28H29F4N5O/c1-16-7-5-8-19(13-16)37-14-21-24(27(26(37)38)11-12-36(4)15-27)34-18(3)35-25(21)33-17(2)20-9-6-10-22(23(20)29)28(30,31)32/h5-10,13,17H,11-12,14-15H2,1-4H3,(H,33,34,35)/t17-,27?/m1/s1. The molecule has 38 heavy (non-hydrogen) atoms. The average Bonchev–Trinajstić information content (AvgIpc) is 3.23. The molecule has 2 aromatic carbocycles. The Labute approximate surface area is 218 Å². The number of rotatable bonds is 4. The van der Waals surface area contributed by atoms with Gasteiger partial charge in [0.25, 0.3) is 0 Å². The van der Waals surface area contributed by atoms with Crippen molar-refractivity contribution in [2.45, 2.75) is 51.4 Å². The van der Waals surface area contributed by atoms with Crippen LogP contribution in [-0.4, -0.2) is 40.9 Å². The Kier molecular flexibility index (Phi) is 6.41. The highest BCUT2D eigenvalue weighted by Crippen LogP contribution is 2.44. The lowest BCUT2D eigenvalue weighted by atomic mass is 9.76. The van der Waals surface area contributed by atoms with Crippen LogP contribution >= 0.6 is 0 Å². The molecule has 0 radical (unpaired) electrons. The lowest BCUT2D eigenvalue weighted by Gasteiger charge is -2.41. The van der Waals surface area contributed by atoms with E-state index in [9.17, 15) is 22.4 Å². The minimum absolute atomic E-state index is 0.0408. The Balaban J connectivity index is 1.61. The molecule has 1 aromatic heterocycles. The van der Waals surface area contributed by atoms with Gasteiger partial charge in [0.2, 0.25) is 5.91 Å². The van der Waals surface area contributed by atoms with Crippen LogP contribution in [0.2, 0.25) is 0 Å². The van der Waals surface area contributed by atoms with Gasteiger partial charge in [-0.05, 0) is 64.5 Å². The second-order valence-electron chi connectivity index (χ2n) is 10.3. The summed E-state index contributed by atoms with van der Waals surface area (Å²) in [6, 6.07) is 10.1. The van der Waals surface area contributed by atoms with Crippen molar-refractivity contribution in [3.8, 4) is 0 Å². The van der Waals surface area contributed by atoms with Crippen LogP contribution < -0.4 is 10.2 Å². The molecule has 0 aliphatic carbocycles. The van der Waals surface area contributed by atoms with Crippen molar-refractivity contribution < 1.29 is 22.4 Å². The minimum atomic E-state index is -4.81. The van der Waals surface area contributed by atoms with Gasteiger partial charge in [0.15, 0.2) is 0 Å². The fourth-order valence-corrected chi connectivity index (χ4v) is 5.61. The van der Waals surface area contributed by atoms with Crippen molar-refractivity contribution in [2.75, 3.05) is 30.4 Å². The second kappa shape index (κ2) is 9.34. The van der Waals surface area contributed by atoms with E-state index in [0.29, 0.717) is 42.4 Å². The highest BCUT2D eigenvalue weighted by Gasteiger charge is 2.53. The smallest absolute Gasteiger partial charge is 0.363 e. The van der Waals surface area contributed by atoms with Crippen LogP contribution in [-0.2, 0) is 22.9 Å². The fraction of sp³-hybridized carbons (Fsp3) is 0.393. The van der Waals surface area contributed by atoms with Gasteiger partial charge >= 0.3 is 6.18 Å². The van der Waals surface area contributed by atoms with Crippen molar-refractivity contribution in [2.24, 2.45) is 0 Å². The Bertz CT molecular complexity index is 1410. The molecule has 1 fully saturated rings. The molecule has 1 saturated heterocycles. The first kappa shape index (κ1) is 26.1. The van der Waals surface area contributed by atoms with Crippen molar-refractivity contribution in [3.63, 3.8) is 0 Å². The molecule has 1 spiro atoms. The fourth-order valence-electron chi connectivity index (χ4n) is 5.61. The number of likely N-dealkylation sites (tertiary alicyclic amines) is 1. The number of hydrogen-bond acceptors (Lipinski definition) is 5. The largest absolute Gasteiger partial charge is 0.419 e. The van der Waals surface area contributed by atoms with E-state index < -0.39 is 29.0 Å². The van der Waals surface area contributed by atoms with E-state index in [2.05, 4.69) is 15.2 Å². The van der Waals surface area contributed by atoms with Crippen LogP contribution in [0.5, 0.6) is 0 Å². The number of halogens is 4. The zero-order valence-electron chi connectivity index (χ0n) is 21.7. The number of benzene rings is 2. The van der Waals surface area contributed by atoms with E-state index in [1.807, 2.05) is 38.2 Å². The molecule has 2 atom stereocenters. The van der Waals surface area contributed by atoms with Crippen LogP contribution in [0, 0.1) is 19.7 Å². The van der Waals surface area contributed by atoms with E-state index in [4.69, 9.17) is 4.98 Å². The first-order chi connectivity index (χ1) is 17.9. The summed E-state index contributed by atoms with van der Waals surface area (Å²) in [7, 11) is 1.96. The summed E-state index contributed by atoms with van der Waals surface area (Å²) in [5.74, 6) is -0.546.